The second-order valence-corrected chi connectivity index (χ2v) is 8.73. The van der Waals surface area contributed by atoms with Crippen molar-refractivity contribution in [2.75, 3.05) is 7.11 Å². The van der Waals surface area contributed by atoms with Crippen molar-refractivity contribution in [1.82, 2.24) is 5.01 Å². The number of rotatable bonds is 5. The molecule has 4 aliphatic carbocycles. The van der Waals surface area contributed by atoms with Gasteiger partial charge in [-0.15, -0.1) is 0 Å². The Morgan fingerprint density at radius 1 is 1.12 bits per heavy atom. The van der Waals surface area contributed by atoms with Gasteiger partial charge in [-0.05, 0) is 54.4 Å². The Hall–Kier alpha value is -3.75. The predicted octanol–water partition coefficient (Wildman–Crippen LogP) is 3.25. The lowest BCUT2D eigenvalue weighted by molar-refractivity contribution is -0.384. The summed E-state index contributed by atoms with van der Waals surface area (Å²) in [6.45, 7) is 0. The number of amides is 2. The highest BCUT2D eigenvalue weighted by Crippen LogP contribution is 2.65. The summed E-state index contributed by atoms with van der Waals surface area (Å²) in [5, 5.41) is 16.6. The molecule has 2 heterocycles. The molecule has 9 heteroatoms. The minimum atomic E-state index is -0.510. The van der Waals surface area contributed by atoms with Crippen LogP contribution in [0.15, 0.2) is 52.0 Å². The Morgan fingerprint density at radius 3 is 2.44 bits per heavy atom. The number of hydrogen-bond donors (Lipinski definition) is 0. The first-order valence-electron chi connectivity index (χ1n) is 10.5. The number of hydrogen-bond acceptors (Lipinski definition) is 7. The highest BCUT2D eigenvalue weighted by molar-refractivity contribution is 6.06. The quantitative estimate of drug-likeness (QED) is 0.235. The van der Waals surface area contributed by atoms with Gasteiger partial charge in [0.25, 0.3) is 17.5 Å². The number of ether oxygens (including phenoxy) is 1. The maximum atomic E-state index is 13.0. The van der Waals surface area contributed by atoms with Gasteiger partial charge < -0.3 is 9.15 Å². The van der Waals surface area contributed by atoms with Crippen LogP contribution in [0.3, 0.4) is 0 Å². The van der Waals surface area contributed by atoms with Crippen LogP contribution in [0, 0.1) is 45.6 Å². The average Bonchev–Trinajstić information content (AvgIpc) is 3.44. The molecule has 1 aliphatic heterocycles. The molecule has 9 nitrogen and oxygen atoms in total. The van der Waals surface area contributed by atoms with E-state index in [2.05, 4.69) is 17.3 Å². The lowest BCUT2D eigenvalue weighted by Gasteiger charge is -2.37. The van der Waals surface area contributed by atoms with Crippen LogP contribution in [-0.4, -0.2) is 35.1 Å². The predicted molar refractivity (Wildman–Crippen MR) is 111 cm³/mol. The summed E-state index contributed by atoms with van der Waals surface area (Å²) in [5.74, 6) is 1.12. The van der Waals surface area contributed by atoms with E-state index in [0.717, 1.165) is 11.4 Å². The first-order valence-corrected chi connectivity index (χ1v) is 10.5. The minimum Gasteiger partial charge on any atom is -0.497 e. The number of hydrazone groups is 1. The van der Waals surface area contributed by atoms with Crippen LogP contribution >= 0.6 is 0 Å². The number of furan rings is 1. The minimum absolute atomic E-state index is 0.137. The molecule has 32 heavy (non-hydrogen) atoms. The second-order valence-electron chi connectivity index (χ2n) is 8.73. The largest absolute Gasteiger partial charge is 0.497 e. The van der Waals surface area contributed by atoms with Gasteiger partial charge in [0.05, 0.1) is 41.7 Å². The first-order chi connectivity index (χ1) is 15.5. The lowest BCUT2D eigenvalue weighted by Crippen LogP contribution is -2.40. The van der Waals surface area contributed by atoms with Crippen molar-refractivity contribution in [2.45, 2.75) is 6.42 Å². The number of methoxy groups -OCH3 is 1. The fourth-order valence-electron chi connectivity index (χ4n) is 5.73. The van der Waals surface area contributed by atoms with Crippen LogP contribution in [0.2, 0.25) is 0 Å². The normalized spacial score (nSPS) is 31.8. The van der Waals surface area contributed by atoms with E-state index in [-0.39, 0.29) is 58.3 Å². The SMILES string of the molecule is COc1ccc(-c2ccc(/C=N\N3C(=O)[C@@H]4[C@H]5C=C[C@@H]([C@@H]6C[C@@H]56)[C@H]4C3=O)o2)c([N+](=O)[O-])c1. The van der Waals surface area contributed by atoms with Crippen molar-refractivity contribution >= 4 is 23.7 Å². The zero-order valence-corrected chi connectivity index (χ0v) is 17.1. The van der Waals surface area contributed by atoms with E-state index < -0.39 is 4.92 Å². The van der Waals surface area contributed by atoms with E-state index in [1.165, 1.54) is 19.4 Å². The molecular weight excluding hydrogens is 414 g/mol. The molecule has 2 aromatic rings. The summed E-state index contributed by atoms with van der Waals surface area (Å²) in [6, 6.07) is 7.65. The van der Waals surface area contributed by atoms with E-state index in [9.17, 15) is 19.7 Å². The van der Waals surface area contributed by atoms with Crippen LogP contribution < -0.4 is 4.74 Å². The summed E-state index contributed by atoms with van der Waals surface area (Å²) < 4.78 is 10.8. The third-order valence-corrected chi connectivity index (χ3v) is 7.23. The number of carbonyl (C=O) groups excluding carboxylic acids is 2. The molecule has 0 spiro atoms. The van der Waals surface area contributed by atoms with Crippen LogP contribution in [-0.2, 0) is 9.59 Å². The zero-order valence-electron chi connectivity index (χ0n) is 17.1. The van der Waals surface area contributed by atoms with E-state index >= 15 is 0 Å². The zero-order chi connectivity index (χ0) is 22.1. The Morgan fingerprint density at radius 2 is 1.81 bits per heavy atom. The van der Waals surface area contributed by atoms with Crippen molar-refractivity contribution in [3.05, 3.63) is 58.4 Å². The fraction of sp³-hybridized carbons (Fsp3) is 0.348. The Labute approximate surface area is 182 Å². The third kappa shape index (κ3) is 2.60. The number of allylic oxidation sites excluding steroid dienone is 2. The molecule has 1 aromatic carbocycles. The van der Waals surface area contributed by atoms with Crippen molar-refractivity contribution in [1.29, 1.82) is 0 Å². The van der Waals surface area contributed by atoms with Gasteiger partial charge in [0, 0.05) is 0 Å². The molecule has 6 atom stereocenters. The smallest absolute Gasteiger partial charge is 0.284 e. The molecule has 5 aliphatic rings. The molecule has 7 rings (SSSR count). The average molecular weight is 433 g/mol. The van der Waals surface area contributed by atoms with Gasteiger partial charge in [-0.1, -0.05) is 12.2 Å². The van der Waals surface area contributed by atoms with Crippen molar-refractivity contribution in [3.8, 4) is 17.1 Å². The molecule has 1 saturated heterocycles. The number of carbonyl (C=O) groups is 2. The Kier molecular flexibility index (Phi) is 3.93. The molecule has 0 unspecified atom stereocenters. The number of imide groups is 1. The summed E-state index contributed by atoms with van der Waals surface area (Å²) in [4.78, 5) is 36.9. The van der Waals surface area contributed by atoms with Crippen molar-refractivity contribution < 1.29 is 23.7 Å². The number of nitrogens with zero attached hydrogens (tertiary/aromatic N) is 3. The van der Waals surface area contributed by atoms with E-state index in [0.29, 0.717) is 17.6 Å². The van der Waals surface area contributed by atoms with Crippen LogP contribution in [0.4, 0.5) is 5.69 Å². The highest BCUT2D eigenvalue weighted by atomic mass is 16.6. The molecule has 2 bridgehead atoms. The van der Waals surface area contributed by atoms with Crippen LogP contribution in [0.5, 0.6) is 5.75 Å². The van der Waals surface area contributed by atoms with Crippen molar-refractivity contribution in [2.24, 2.45) is 40.6 Å². The summed E-state index contributed by atoms with van der Waals surface area (Å²) in [6.07, 6.45) is 6.63. The number of benzene rings is 1. The van der Waals surface area contributed by atoms with Crippen LogP contribution in [0.1, 0.15) is 12.2 Å². The van der Waals surface area contributed by atoms with Gasteiger partial charge in [0.1, 0.15) is 17.3 Å². The standard InChI is InChI=1S/C23H19N3O6/c1-31-11-2-4-15(18(8-11)26(29)30)19-7-3-12(32-19)10-24-25-22(27)20-13-5-6-14(17-9-16(13)17)21(20)23(25)28/h2-8,10,13-14,16-17,20-21H,9H2,1H3/b24-10-/t13-,14-,16-,17-,20+,21+/m0/s1. The van der Waals surface area contributed by atoms with Crippen molar-refractivity contribution in [3.63, 3.8) is 0 Å². The fourth-order valence-corrected chi connectivity index (χ4v) is 5.73. The van der Waals surface area contributed by atoms with Gasteiger partial charge in [0.15, 0.2) is 0 Å². The first kappa shape index (κ1) is 19.0. The Balaban J connectivity index is 1.25. The monoisotopic (exact) mass is 433 g/mol. The summed E-state index contributed by atoms with van der Waals surface area (Å²) in [7, 11) is 1.43. The lowest BCUT2D eigenvalue weighted by atomic mass is 9.63. The van der Waals surface area contributed by atoms with Gasteiger partial charge in [0.2, 0.25) is 0 Å². The molecule has 1 aromatic heterocycles. The second kappa shape index (κ2) is 6.62. The van der Waals surface area contributed by atoms with E-state index in [1.54, 1.807) is 24.3 Å². The molecule has 2 saturated carbocycles. The molecule has 3 fully saturated rings. The maximum Gasteiger partial charge on any atom is 0.284 e. The van der Waals surface area contributed by atoms with Gasteiger partial charge in [-0.3, -0.25) is 19.7 Å². The van der Waals surface area contributed by atoms with E-state index in [4.69, 9.17) is 9.15 Å². The molecule has 162 valence electrons. The summed E-state index contributed by atoms with van der Waals surface area (Å²) >= 11 is 0. The van der Waals surface area contributed by atoms with Crippen LogP contribution in [0.25, 0.3) is 11.3 Å². The van der Waals surface area contributed by atoms with Gasteiger partial charge in [-0.2, -0.15) is 10.1 Å². The van der Waals surface area contributed by atoms with Gasteiger partial charge >= 0.3 is 0 Å². The molecule has 0 radical (unpaired) electrons. The topological polar surface area (TPSA) is 115 Å². The Bertz CT molecular complexity index is 1190. The maximum absolute atomic E-state index is 13.0. The number of nitro benzene ring substituents is 1. The number of nitro groups is 1. The molecular formula is C23H19N3O6. The summed E-state index contributed by atoms with van der Waals surface area (Å²) in [5.41, 5.74) is 0.134. The molecule has 0 N–H and O–H groups in total. The molecule has 2 amide bonds. The van der Waals surface area contributed by atoms with E-state index in [1.807, 2.05) is 0 Å². The van der Waals surface area contributed by atoms with Gasteiger partial charge in [-0.25, -0.2) is 0 Å². The highest BCUT2D eigenvalue weighted by Gasteiger charge is 2.67. The third-order valence-electron chi connectivity index (χ3n) is 7.23.